The van der Waals surface area contributed by atoms with Gasteiger partial charge in [-0.1, -0.05) is 28.1 Å². The highest BCUT2D eigenvalue weighted by molar-refractivity contribution is 9.10. The Kier molecular flexibility index (Phi) is 3.80. The number of fused-ring (bicyclic) bond motifs is 1. The van der Waals surface area contributed by atoms with E-state index in [0.717, 1.165) is 39.7 Å². The molecule has 0 atom stereocenters. The minimum atomic E-state index is 0.838. The van der Waals surface area contributed by atoms with E-state index >= 15 is 0 Å². The summed E-state index contributed by atoms with van der Waals surface area (Å²) in [6, 6.07) is 10.2. The van der Waals surface area contributed by atoms with Crippen LogP contribution in [0.25, 0.3) is 22.2 Å². The van der Waals surface area contributed by atoms with Crippen LogP contribution in [-0.2, 0) is 6.54 Å². The van der Waals surface area contributed by atoms with Gasteiger partial charge in [0.25, 0.3) is 0 Å². The van der Waals surface area contributed by atoms with Crippen molar-refractivity contribution < 1.29 is 0 Å². The van der Waals surface area contributed by atoms with Crippen LogP contribution >= 0.6 is 15.9 Å². The van der Waals surface area contributed by atoms with Gasteiger partial charge in [0.15, 0.2) is 0 Å². The molecule has 0 saturated heterocycles. The lowest BCUT2D eigenvalue weighted by Gasteiger charge is -2.01. The average molecular weight is 331 g/mol. The zero-order chi connectivity index (χ0) is 13.9. The molecule has 0 aliphatic carbocycles. The van der Waals surface area contributed by atoms with Crippen LogP contribution in [0.15, 0.2) is 47.2 Å². The topological polar surface area (TPSA) is 42.7 Å². The molecule has 0 aliphatic rings. The van der Waals surface area contributed by atoms with E-state index in [-0.39, 0.29) is 0 Å². The van der Waals surface area contributed by atoms with E-state index in [4.69, 9.17) is 5.10 Å². The minimum absolute atomic E-state index is 0.838. The zero-order valence-corrected chi connectivity index (χ0v) is 12.8. The summed E-state index contributed by atoms with van der Waals surface area (Å²) in [6.45, 7) is 1.72. The van der Waals surface area contributed by atoms with E-state index in [2.05, 4.69) is 38.4 Å². The van der Waals surface area contributed by atoms with Crippen molar-refractivity contribution in [2.45, 2.75) is 6.54 Å². The lowest BCUT2D eigenvalue weighted by Crippen LogP contribution is -2.15. The van der Waals surface area contributed by atoms with E-state index in [1.165, 1.54) is 0 Å². The lowest BCUT2D eigenvalue weighted by molar-refractivity contribution is 0.603. The van der Waals surface area contributed by atoms with Gasteiger partial charge in [-0.15, -0.1) is 0 Å². The van der Waals surface area contributed by atoms with Crippen LogP contribution in [0.3, 0.4) is 0 Å². The molecule has 3 aromatic rings. The number of halogens is 1. The smallest absolute Gasteiger partial charge is 0.102 e. The van der Waals surface area contributed by atoms with Crippen molar-refractivity contribution in [1.29, 1.82) is 0 Å². The first-order valence-electron chi connectivity index (χ1n) is 6.50. The quantitative estimate of drug-likeness (QED) is 0.799. The number of hydrogen-bond donors (Lipinski definition) is 1. The van der Waals surface area contributed by atoms with E-state index in [9.17, 15) is 0 Å². The molecular weight excluding hydrogens is 316 g/mol. The Morgan fingerprint density at radius 3 is 3.00 bits per heavy atom. The second-order valence-electron chi connectivity index (χ2n) is 4.58. The second kappa shape index (κ2) is 5.73. The molecule has 1 aromatic carbocycles. The monoisotopic (exact) mass is 330 g/mol. The number of aromatic nitrogens is 3. The Morgan fingerprint density at radius 1 is 1.30 bits per heavy atom. The van der Waals surface area contributed by atoms with Crippen LogP contribution < -0.4 is 5.32 Å². The van der Waals surface area contributed by atoms with Crippen LogP contribution in [-0.4, -0.2) is 28.4 Å². The molecule has 0 aliphatic heterocycles. The zero-order valence-electron chi connectivity index (χ0n) is 11.2. The number of likely N-dealkylation sites (N-methyl/N-ethyl adjacent to an activating group) is 1. The first-order valence-corrected chi connectivity index (χ1v) is 7.30. The average Bonchev–Trinajstić information content (AvgIpc) is 2.84. The Labute approximate surface area is 126 Å². The molecule has 0 bridgehead atoms. The summed E-state index contributed by atoms with van der Waals surface area (Å²) in [5, 5.41) is 8.99. The number of rotatable bonds is 4. The molecular formula is C15H15BrN4. The SMILES string of the molecule is CNCCn1nc(-c2cccc(Br)c2)c2cnccc21. The van der Waals surface area contributed by atoms with Crippen molar-refractivity contribution >= 4 is 26.8 Å². The molecule has 3 rings (SSSR count). The normalized spacial score (nSPS) is 11.1. The maximum Gasteiger partial charge on any atom is 0.102 e. The molecule has 2 heterocycles. The van der Waals surface area contributed by atoms with Gasteiger partial charge in [-0.2, -0.15) is 5.10 Å². The minimum Gasteiger partial charge on any atom is -0.318 e. The highest BCUT2D eigenvalue weighted by Crippen LogP contribution is 2.28. The van der Waals surface area contributed by atoms with Crippen molar-refractivity contribution in [3.05, 3.63) is 47.2 Å². The van der Waals surface area contributed by atoms with Gasteiger partial charge < -0.3 is 5.32 Å². The van der Waals surface area contributed by atoms with E-state index < -0.39 is 0 Å². The highest BCUT2D eigenvalue weighted by atomic mass is 79.9. The molecule has 5 heteroatoms. The predicted molar refractivity (Wildman–Crippen MR) is 84.6 cm³/mol. The molecule has 0 fully saturated rings. The number of nitrogens with one attached hydrogen (secondary N) is 1. The van der Waals surface area contributed by atoms with Crippen LogP contribution in [0.1, 0.15) is 0 Å². The number of benzene rings is 1. The van der Waals surface area contributed by atoms with E-state index in [1.54, 1.807) is 0 Å². The molecule has 0 radical (unpaired) electrons. The van der Waals surface area contributed by atoms with Crippen LogP contribution in [0.5, 0.6) is 0 Å². The number of hydrogen-bond acceptors (Lipinski definition) is 3. The van der Waals surface area contributed by atoms with E-state index in [0.29, 0.717) is 0 Å². The third-order valence-corrected chi connectivity index (χ3v) is 3.72. The van der Waals surface area contributed by atoms with Crippen molar-refractivity contribution in [2.75, 3.05) is 13.6 Å². The summed E-state index contributed by atoms with van der Waals surface area (Å²) < 4.78 is 3.08. The van der Waals surface area contributed by atoms with Crippen molar-refractivity contribution in [2.24, 2.45) is 0 Å². The molecule has 0 amide bonds. The molecule has 0 unspecified atom stereocenters. The molecule has 1 N–H and O–H groups in total. The molecule has 0 saturated carbocycles. The maximum atomic E-state index is 4.75. The fraction of sp³-hybridized carbons (Fsp3) is 0.200. The Balaban J connectivity index is 2.15. The fourth-order valence-electron chi connectivity index (χ4n) is 2.26. The van der Waals surface area contributed by atoms with Gasteiger partial charge >= 0.3 is 0 Å². The molecule has 20 heavy (non-hydrogen) atoms. The standard InChI is InChI=1S/C15H15BrN4/c1-17-7-8-20-14-5-6-18-10-13(14)15(19-20)11-3-2-4-12(16)9-11/h2-6,9-10,17H,7-8H2,1H3. The highest BCUT2D eigenvalue weighted by Gasteiger charge is 2.12. The summed E-state index contributed by atoms with van der Waals surface area (Å²) in [6.07, 6.45) is 3.69. The summed E-state index contributed by atoms with van der Waals surface area (Å²) in [4.78, 5) is 4.23. The Morgan fingerprint density at radius 2 is 2.20 bits per heavy atom. The van der Waals surface area contributed by atoms with Gasteiger partial charge in [-0.3, -0.25) is 9.67 Å². The maximum absolute atomic E-state index is 4.75. The van der Waals surface area contributed by atoms with Gasteiger partial charge in [0.2, 0.25) is 0 Å². The van der Waals surface area contributed by atoms with Crippen LogP contribution in [0.2, 0.25) is 0 Å². The molecule has 0 spiro atoms. The first-order chi connectivity index (χ1) is 9.79. The largest absolute Gasteiger partial charge is 0.318 e. The molecule has 102 valence electrons. The third-order valence-electron chi connectivity index (χ3n) is 3.22. The van der Waals surface area contributed by atoms with Crippen molar-refractivity contribution in [3.8, 4) is 11.3 Å². The summed E-state index contributed by atoms with van der Waals surface area (Å²) in [7, 11) is 1.95. The first kappa shape index (κ1) is 13.3. The molecule has 4 nitrogen and oxygen atoms in total. The third kappa shape index (κ3) is 2.46. The van der Waals surface area contributed by atoms with Gasteiger partial charge in [-0.05, 0) is 25.2 Å². The Bertz CT molecular complexity index is 736. The van der Waals surface area contributed by atoms with Gasteiger partial charge in [0, 0.05) is 34.4 Å². The summed E-state index contributed by atoms with van der Waals surface area (Å²) >= 11 is 3.51. The molecule has 2 aromatic heterocycles. The Hall–Kier alpha value is -1.72. The number of pyridine rings is 1. The predicted octanol–water partition coefficient (Wildman–Crippen LogP) is 3.08. The van der Waals surface area contributed by atoms with E-state index in [1.807, 2.05) is 42.3 Å². The van der Waals surface area contributed by atoms with Gasteiger partial charge in [0.05, 0.1) is 12.1 Å². The lowest BCUT2D eigenvalue weighted by atomic mass is 10.1. The van der Waals surface area contributed by atoms with Crippen LogP contribution in [0, 0.1) is 0 Å². The summed E-state index contributed by atoms with van der Waals surface area (Å²) in [5.41, 5.74) is 3.19. The van der Waals surface area contributed by atoms with Crippen molar-refractivity contribution in [3.63, 3.8) is 0 Å². The van der Waals surface area contributed by atoms with Gasteiger partial charge in [-0.25, -0.2) is 0 Å². The second-order valence-corrected chi connectivity index (χ2v) is 5.49. The van der Waals surface area contributed by atoms with Gasteiger partial charge in [0.1, 0.15) is 5.69 Å². The fourth-order valence-corrected chi connectivity index (χ4v) is 2.66. The number of nitrogens with zero attached hydrogens (tertiary/aromatic N) is 3. The summed E-state index contributed by atoms with van der Waals surface area (Å²) in [5.74, 6) is 0. The van der Waals surface area contributed by atoms with Crippen molar-refractivity contribution in [1.82, 2.24) is 20.1 Å². The van der Waals surface area contributed by atoms with Crippen LogP contribution in [0.4, 0.5) is 0 Å².